The van der Waals surface area contributed by atoms with Crippen LogP contribution in [-0.2, 0) is 0 Å². The Hall–Kier alpha value is -1.82. The summed E-state index contributed by atoms with van der Waals surface area (Å²) in [6.45, 7) is 4.43. The van der Waals surface area contributed by atoms with Gasteiger partial charge in [-0.05, 0) is 44.9 Å². The van der Waals surface area contributed by atoms with E-state index in [4.69, 9.17) is 10.2 Å². The average molecular weight is 267 g/mol. The minimum Gasteiger partial charge on any atom is -0.325 e. The van der Waals surface area contributed by atoms with Crippen molar-refractivity contribution in [1.82, 2.24) is 9.55 Å². The van der Waals surface area contributed by atoms with E-state index in [9.17, 15) is 0 Å². The maximum atomic E-state index is 9.05. The Morgan fingerprint density at radius 3 is 2.65 bits per heavy atom. The van der Waals surface area contributed by atoms with Crippen LogP contribution in [0.5, 0.6) is 0 Å². The lowest BCUT2D eigenvalue weighted by Gasteiger charge is -2.23. The molecule has 0 aliphatic heterocycles. The van der Waals surface area contributed by atoms with E-state index in [-0.39, 0.29) is 0 Å². The minimum atomic E-state index is 0.407. The summed E-state index contributed by atoms with van der Waals surface area (Å²) >= 11 is 0. The Labute approximate surface area is 120 Å². The van der Waals surface area contributed by atoms with Gasteiger partial charge in [-0.3, -0.25) is 0 Å². The standard InChI is InChI=1S/C17H21N3/c1-12(2)20-16-9-8-13(11-18)10-15(16)19-17(20)14-6-4-3-5-7-14/h8-10,12,14H,3-7H2,1-2H3. The molecule has 0 amide bonds. The van der Waals surface area contributed by atoms with Gasteiger partial charge in [0.05, 0.1) is 22.7 Å². The van der Waals surface area contributed by atoms with Crippen molar-refractivity contribution in [3.63, 3.8) is 0 Å². The summed E-state index contributed by atoms with van der Waals surface area (Å²) in [4.78, 5) is 4.88. The van der Waals surface area contributed by atoms with Crippen molar-refractivity contribution >= 4 is 11.0 Å². The van der Waals surface area contributed by atoms with Gasteiger partial charge in [0, 0.05) is 12.0 Å². The summed E-state index contributed by atoms with van der Waals surface area (Å²) in [5, 5.41) is 9.05. The zero-order valence-electron chi connectivity index (χ0n) is 12.3. The number of aromatic nitrogens is 2. The molecule has 1 aromatic heterocycles. The molecule has 0 saturated heterocycles. The van der Waals surface area contributed by atoms with E-state index < -0.39 is 0 Å². The molecule has 0 radical (unpaired) electrons. The molecule has 1 aliphatic rings. The van der Waals surface area contributed by atoms with Gasteiger partial charge < -0.3 is 4.57 Å². The van der Waals surface area contributed by atoms with Crippen LogP contribution in [0.2, 0.25) is 0 Å². The SMILES string of the molecule is CC(C)n1c(C2CCCCC2)nc2cc(C#N)ccc21. The molecule has 3 heteroatoms. The van der Waals surface area contributed by atoms with Crippen LogP contribution in [0.15, 0.2) is 18.2 Å². The molecule has 0 atom stereocenters. The molecule has 2 aromatic rings. The Balaban J connectivity index is 2.14. The normalized spacial score (nSPS) is 16.7. The predicted molar refractivity (Wildman–Crippen MR) is 80.7 cm³/mol. The van der Waals surface area contributed by atoms with Crippen LogP contribution in [0.25, 0.3) is 11.0 Å². The zero-order chi connectivity index (χ0) is 14.1. The quantitative estimate of drug-likeness (QED) is 0.801. The summed E-state index contributed by atoms with van der Waals surface area (Å²) in [5.41, 5.74) is 2.83. The fraction of sp³-hybridized carbons (Fsp3) is 0.529. The fourth-order valence-electron chi connectivity index (χ4n) is 3.38. The average Bonchev–Trinajstić information content (AvgIpc) is 2.86. The molecule has 1 heterocycles. The van der Waals surface area contributed by atoms with E-state index in [1.54, 1.807) is 0 Å². The Kier molecular flexibility index (Phi) is 3.48. The van der Waals surface area contributed by atoms with Gasteiger partial charge in [0.15, 0.2) is 0 Å². The predicted octanol–water partition coefficient (Wildman–Crippen LogP) is 4.54. The van der Waals surface area contributed by atoms with Crippen molar-refractivity contribution in [2.45, 2.75) is 57.9 Å². The van der Waals surface area contributed by atoms with Crippen molar-refractivity contribution in [3.05, 3.63) is 29.6 Å². The van der Waals surface area contributed by atoms with Gasteiger partial charge in [-0.25, -0.2) is 4.98 Å². The smallest absolute Gasteiger partial charge is 0.113 e. The number of nitrogens with zero attached hydrogens (tertiary/aromatic N) is 3. The molecule has 20 heavy (non-hydrogen) atoms. The number of hydrogen-bond donors (Lipinski definition) is 0. The maximum Gasteiger partial charge on any atom is 0.113 e. The first-order valence-corrected chi connectivity index (χ1v) is 7.62. The molecule has 3 nitrogen and oxygen atoms in total. The van der Waals surface area contributed by atoms with Crippen molar-refractivity contribution < 1.29 is 0 Å². The molecule has 3 rings (SSSR count). The van der Waals surface area contributed by atoms with E-state index in [0.29, 0.717) is 17.5 Å². The largest absolute Gasteiger partial charge is 0.325 e. The fourth-order valence-corrected chi connectivity index (χ4v) is 3.38. The molecule has 0 spiro atoms. The van der Waals surface area contributed by atoms with Crippen LogP contribution < -0.4 is 0 Å². The van der Waals surface area contributed by atoms with Crippen molar-refractivity contribution in [3.8, 4) is 6.07 Å². The van der Waals surface area contributed by atoms with Gasteiger partial charge in [0.1, 0.15) is 5.82 Å². The van der Waals surface area contributed by atoms with Gasteiger partial charge in [0.2, 0.25) is 0 Å². The highest BCUT2D eigenvalue weighted by molar-refractivity contribution is 5.78. The Morgan fingerprint density at radius 2 is 2.00 bits per heavy atom. The van der Waals surface area contributed by atoms with Crippen LogP contribution in [0.1, 0.15) is 69.3 Å². The van der Waals surface area contributed by atoms with Gasteiger partial charge in [-0.2, -0.15) is 5.26 Å². The second kappa shape index (κ2) is 5.28. The molecular formula is C17H21N3. The molecule has 1 aromatic carbocycles. The van der Waals surface area contributed by atoms with E-state index in [1.807, 2.05) is 18.2 Å². The maximum absolute atomic E-state index is 9.05. The highest BCUT2D eigenvalue weighted by atomic mass is 15.1. The summed E-state index contributed by atoms with van der Waals surface area (Å²) in [7, 11) is 0. The number of hydrogen-bond acceptors (Lipinski definition) is 2. The summed E-state index contributed by atoms with van der Waals surface area (Å²) in [5.74, 6) is 1.81. The lowest BCUT2D eigenvalue weighted by Crippen LogP contribution is -2.13. The minimum absolute atomic E-state index is 0.407. The lowest BCUT2D eigenvalue weighted by molar-refractivity contribution is 0.409. The Morgan fingerprint density at radius 1 is 1.25 bits per heavy atom. The van der Waals surface area contributed by atoms with Crippen molar-refractivity contribution in [2.75, 3.05) is 0 Å². The Bertz CT molecular complexity index is 655. The van der Waals surface area contributed by atoms with E-state index in [1.165, 1.54) is 43.4 Å². The lowest BCUT2D eigenvalue weighted by atomic mass is 9.88. The number of imidazole rings is 1. The molecule has 1 saturated carbocycles. The first-order chi connectivity index (χ1) is 9.70. The van der Waals surface area contributed by atoms with Crippen LogP contribution >= 0.6 is 0 Å². The van der Waals surface area contributed by atoms with Gasteiger partial charge in [-0.15, -0.1) is 0 Å². The molecule has 1 aliphatic carbocycles. The van der Waals surface area contributed by atoms with Crippen LogP contribution in [0, 0.1) is 11.3 Å². The van der Waals surface area contributed by atoms with Gasteiger partial charge >= 0.3 is 0 Å². The summed E-state index contributed by atoms with van der Waals surface area (Å²) in [6.07, 6.45) is 6.49. The second-order valence-corrected chi connectivity index (χ2v) is 6.08. The first-order valence-electron chi connectivity index (χ1n) is 7.62. The first kappa shape index (κ1) is 13.2. The third kappa shape index (κ3) is 2.20. The number of rotatable bonds is 2. The molecular weight excluding hydrogens is 246 g/mol. The highest BCUT2D eigenvalue weighted by Gasteiger charge is 2.23. The van der Waals surface area contributed by atoms with E-state index in [0.717, 1.165) is 5.52 Å². The second-order valence-electron chi connectivity index (χ2n) is 6.08. The van der Waals surface area contributed by atoms with Gasteiger partial charge in [-0.1, -0.05) is 19.3 Å². The molecule has 1 fully saturated rings. The molecule has 0 N–H and O–H groups in total. The van der Waals surface area contributed by atoms with Crippen molar-refractivity contribution in [1.29, 1.82) is 5.26 Å². The monoisotopic (exact) mass is 267 g/mol. The molecule has 0 bridgehead atoms. The third-order valence-electron chi connectivity index (χ3n) is 4.33. The third-order valence-corrected chi connectivity index (χ3v) is 4.33. The molecule has 104 valence electrons. The number of nitriles is 1. The van der Waals surface area contributed by atoms with Crippen LogP contribution in [0.4, 0.5) is 0 Å². The number of benzene rings is 1. The highest BCUT2D eigenvalue weighted by Crippen LogP contribution is 2.35. The number of fused-ring (bicyclic) bond motifs is 1. The van der Waals surface area contributed by atoms with E-state index >= 15 is 0 Å². The van der Waals surface area contributed by atoms with Crippen molar-refractivity contribution in [2.24, 2.45) is 0 Å². The topological polar surface area (TPSA) is 41.6 Å². The van der Waals surface area contributed by atoms with E-state index in [2.05, 4.69) is 24.5 Å². The van der Waals surface area contributed by atoms with Crippen LogP contribution in [-0.4, -0.2) is 9.55 Å². The zero-order valence-corrected chi connectivity index (χ0v) is 12.3. The van der Waals surface area contributed by atoms with Gasteiger partial charge in [0.25, 0.3) is 0 Å². The summed E-state index contributed by atoms with van der Waals surface area (Å²) in [6, 6.07) is 8.48. The summed E-state index contributed by atoms with van der Waals surface area (Å²) < 4.78 is 2.37. The molecule has 0 unspecified atom stereocenters. The van der Waals surface area contributed by atoms with Crippen LogP contribution in [0.3, 0.4) is 0 Å².